The molecule has 2 aromatic heterocycles. The summed E-state index contributed by atoms with van der Waals surface area (Å²) in [7, 11) is 0. The van der Waals surface area contributed by atoms with Crippen molar-refractivity contribution in [3.8, 4) is 0 Å². The average molecular weight is 574 g/mol. The van der Waals surface area contributed by atoms with Crippen molar-refractivity contribution in [1.82, 2.24) is 10.2 Å². The number of guanidine groups is 1. The van der Waals surface area contributed by atoms with Crippen LogP contribution < -0.4 is 5.32 Å². The van der Waals surface area contributed by atoms with Crippen molar-refractivity contribution in [3.63, 3.8) is 0 Å². The van der Waals surface area contributed by atoms with Crippen molar-refractivity contribution in [3.05, 3.63) is 46.5 Å². The summed E-state index contributed by atoms with van der Waals surface area (Å²) in [4.78, 5) is 8.70. The molecular weight excluding hydrogens is 537 g/mol. The van der Waals surface area contributed by atoms with E-state index in [-0.39, 0.29) is 24.0 Å². The molecule has 0 amide bonds. The Morgan fingerprint density at radius 2 is 2.06 bits per heavy atom. The first-order chi connectivity index (χ1) is 15.4. The second-order valence-corrected chi connectivity index (χ2v) is 9.33. The smallest absolute Gasteiger partial charge is 0.193 e. The number of piperidine rings is 1. The highest BCUT2D eigenvalue weighted by Crippen LogP contribution is 2.18. The van der Waals surface area contributed by atoms with Gasteiger partial charge in [0.1, 0.15) is 5.76 Å². The zero-order valence-electron chi connectivity index (χ0n) is 18.7. The number of nitrogens with one attached hydrogen (secondary N) is 1. The lowest BCUT2D eigenvalue weighted by molar-refractivity contribution is -0.0721. The van der Waals surface area contributed by atoms with Crippen LogP contribution >= 0.6 is 35.3 Å². The fraction of sp³-hybridized carbons (Fsp3) is 0.625. The molecule has 0 aromatic carbocycles. The second-order valence-electron chi connectivity index (χ2n) is 8.30. The summed E-state index contributed by atoms with van der Waals surface area (Å²) in [6.07, 6.45) is 9.88. The minimum Gasteiger partial charge on any atom is -0.469 e. The first kappa shape index (κ1) is 25.5. The van der Waals surface area contributed by atoms with E-state index in [2.05, 4.69) is 27.7 Å². The molecule has 0 radical (unpaired) electrons. The molecule has 4 rings (SSSR count). The maximum absolute atomic E-state index is 6.19. The van der Waals surface area contributed by atoms with E-state index < -0.39 is 0 Å². The van der Waals surface area contributed by atoms with Crippen LogP contribution in [-0.4, -0.2) is 62.5 Å². The zero-order valence-corrected chi connectivity index (χ0v) is 21.9. The minimum atomic E-state index is 0. The Hall–Kier alpha value is -1.10. The predicted molar refractivity (Wildman–Crippen MR) is 140 cm³/mol. The van der Waals surface area contributed by atoms with Crippen LogP contribution in [-0.2, 0) is 22.3 Å². The van der Waals surface area contributed by atoms with E-state index >= 15 is 0 Å². The molecule has 1 unspecified atom stereocenters. The van der Waals surface area contributed by atoms with Gasteiger partial charge in [0.15, 0.2) is 5.96 Å². The quantitative estimate of drug-likeness (QED) is 0.267. The summed E-state index contributed by atoms with van der Waals surface area (Å²) < 4.78 is 17.5. The van der Waals surface area contributed by atoms with E-state index in [9.17, 15) is 0 Å². The molecule has 0 aliphatic carbocycles. The van der Waals surface area contributed by atoms with E-state index in [1.807, 2.05) is 12.1 Å². The van der Waals surface area contributed by atoms with Crippen LogP contribution in [0.4, 0.5) is 0 Å². The monoisotopic (exact) mass is 573 g/mol. The Morgan fingerprint density at radius 3 is 2.78 bits per heavy atom. The highest BCUT2D eigenvalue weighted by atomic mass is 127. The van der Waals surface area contributed by atoms with Gasteiger partial charge in [-0.2, -0.15) is 0 Å². The maximum Gasteiger partial charge on any atom is 0.193 e. The fourth-order valence-electron chi connectivity index (χ4n) is 4.16. The van der Waals surface area contributed by atoms with Crippen LogP contribution in [0.1, 0.15) is 42.7 Å². The molecule has 6 nitrogen and oxygen atoms in total. The lowest BCUT2D eigenvalue weighted by Crippen LogP contribution is -2.48. The summed E-state index contributed by atoms with van der Waals surface area (Å²) in [5, 5.41) is 5.69. The summed E-state index contributed by atoms with van der Waals surface area (Å²) >= 11 is 1.80. The lowest BCUT2D eigenvalue weighted by atomic mass is 10.1. The van der Waals surface area contributed by atoms with Gasteiger partial charge in [-0.25, -0.2) is 0 Å². The van der Waals surface area contributed by atoms with Crippen LogP contribution in [0.5, 0.6) is 0 Å². The third-order valence-electron chi connectivity index (χ3n) is 5.97. The highest BCUT2D eigenvalue weighted by molar-refractivity contribution is 14.0. The molecule has 2 fully saturated rings. The SMILES string of the molecule is I.c1coc(CCNC(=NCCc2cccs2)N2CCC(OCC3CCCCO3)CC2)c1. The van der Waals surface area contributed by atoms with Gasteiger partial charge in [-0.3, -0.25) is 4.99 Å². The minimum absolute atomic E-state index is 0. The topological polar surface area (TPSA) is 59.2 Å². The van der Waals surface area contributed by atoms with Crippen molar-refractivity contribution in [1.29, 1.82) is 0 Å². The summed E-state index contributed by atoms with van der Waals surface area (Å²) in [5.41, 5.74) is 0. The largest absolute Gasteiger partial charge is 0.469 e. The number of likely N-dealkylation sites (tertiary alicyclic amines) is 1. The number of furan rings is 1. The molecule has 4 heterocycles. The van der Waals surface area contributed by atoms with Crippen LogP contribution in [0.15, 0.2) is 45.3 Å². The lowest BCUT2D eigenvalue weighted by Gasteiger charge is -2.35. The molecule has 0 spiro atoms. The Morgan fingerprint density at radius 1 is 1.16 bits per heavy atom. The summed E-state index contributed by atoms with van der Waals surface area (Å²) in [6.45, 7) is 5.21. The van der Waals surface area contributed by atoms with Gasteiger partial charge in [0.2, 0.25) is 0 Å². The Balaban J connectivity index is 0.00000289. The number of aliphatic imine (C=N–C) groups is 1. The molecule has 2 aromatic rings. The van der Waals surface area contributed by atoms with E-state index in [1.54, 1.807) is 17.6 Å². The molecule has 2 aliphatic rings. The Kier molecular flexibility index (Phi) is 11.3. The van der Waals surface area contributed by atoms with Crippen LogP contribution in [0.3, 0.4) is 0 Å². The summed E-state index contributed by atoms with van der Waals surface area (Å²) in [6, 6.07) is 8.25. The van der Waals surface area contributed by atoms with Gasteiger partial charge < -0.3 is 24.1 Å². The molecule has 8 heteroatoms. The number of hydrogen-bond acceptors (Lipinski definition) is 5. The van der Waals surface area contributed by atoms with E-state index in [0.717, 1.165) is 83.2 Å². The first-order valence-electron chi connectivity index (χ1n) is 11.7. The van der Waals surface area contributed by atoms with Gasteiger partial charge in [0.25, 0.3) is 0 Å². The zero-order chi connectivity index (χ0) is 21.1. The van der Waals surface area contributed by atoms with Gasteiger partial charge in [-0.05, 0) is 55.7 Å². The molecule has 0 saturated carbocycles. The average Bonchev–Trinajstić information content (AvgIpc) is 3.52. The van der Waals surface area contributed by atoms with Gasteiger partial charge in [0.05, 0.1) is 25.1 Å². The molecule has 178 valence electrons. The van der Waals surface area contributed by atoms with Crippen molar-refractivity contribution < 1.29 is 13.9 Å². The third kappa shape index (κ3) is 8.35. The molecule has 0 bridgehead atoms. The molecule has 32 heavy (non-hydrogen) atoms. The first-order valence-corrected chi connectivity index (χ1v) is 12.6. The fourth-order valence-corrected chi connectivity index (χ4v) is 4.86. The van der Waals surface area contributed by atoms with E-state index in [1.165, 1.54) is 17.7 Å². The van der Waals surface area contributed by atoms with Gasteiger partial charge >= 0.3 is 0 Å². The number of hydrogen-bond donors (Lipinski definition) is 1. The van der Waals surface area contributed by atoms with E-state index in [0.29, 0.717) is 12.2 Å². The van der Waals surface area contributed by atoms with Gasteiger partial charge in [-0.1, -0.05) is 6.07 Å². The van der Waals surface area contributed by atoms with Crippen molar-refractivity contribution in [2.24, 2.45) is 4.99 Å². The number of rotatable bonds is 9. The van der Waals surface area contributed by atoms with Crippen molar-refractivity contribution >= 4 is 41.3 Å². The van der Waals surface area contributed by atoms with Crippen molar-refractivity contribution in [2.75, 3.05) is 39.4 Å². The normalized spacial score (nSPS) is 20.2. The number of thiophene rings is 1. The molecule has 1 N–H and O–H groups in total. The number of nitrogens with zero attached hydrogens (tertiary/aromatic N) is 2. The number of halogens is 1. The second kappa shape index (κ2) is 14.2. The maximum atomic E-state index is 6.19. The van der Waals surface area contributed by atoms with Crippen LogP contribution in [0.25, 0.3) is 0 Å². The molecule has 2 aliphatic heterocycles. The summed E-state index contributed by atoms with van der Waals surface area (Å²) in [5.74, 6) is 2.01. The Bertz CT molecular complexity index is 756. The molecule has 2 saturated heterocycles. The van der Waals surface area contributed by atoms with E-state index in [4.69, 9.17) is 18.9 Å². The van der Waals surface area contributed by atoms with Gasteiger partial charge in [0, 0.05) is 50.5 Å². The molecular formula is C24H36IN3O3S. The standard InChI is InChI=1S/C24H35N3O3S.HI/c1-2-16-29-22(5-1)19-30-21-10-14-27(15-11-21)24(25-12-8-20-6-3-17-28-20)26-13-9-23-7-4-18-31-23;/h3-4,6-7,17-18,21-22H,1-2,5,8-16,19H2,(H,25,26);1H. The highest BCUT2D eigenvalue weighted by Gasteiger charge is 2.24. The third-order valence-corrected chi connectivity index (χ3v) is 6.90. The Labute approximate surface area is 212 Å². The number of ether oxygens (including phenoxy) is 2. The van der Waals surface area contributed by atoms with Gasteiger partial charge in [-0.15, -0.1) is 35.3 Å². The van der Waals surface area contributed by atoms with Crippen LogP contribution in [0.2, 0.25) is 0 Å². The predicted octanol–water partition coefficient (Wildman–Crippen LogP) is 4.74. The van der Waals surface area contributed by atoms with Crippen LogP contribution in [0, 0.1) is 0 Å². The molecule has 1 atom stereocenters. The van der Waals surface area contributed by atoms with Crippen molar-refractivity contribution in [2.45, 2.75) is 57.2 Å².